The van der Waals surface area contributed by atoms with Crippen LogP contribution in [0.3, 0.4) is 0 Å². The lowest BCUT2D eigenvalue weighted by atomic mass is 9.97. The zero-order chi connectivity index (χ0) is 27.1. The van der Waals surface area contributed by atoms with Crippen molar-refractivity contribution in [3.05, 3.63) is 117 Å². The zero-order valence-electron chi connectivity index (χ0n) is 22.6. The number of para-hydroxylation sites is 1. The maximum Gasteiger partial charge on any atom is 0.339 e. The highest BCUT2D eigenvalue weighted by Crippen LogP contribution is 2.27. The number of fused-ring (bicyclic) bond motifs is 1. The smallest absolute Gasteiger partial charge is 0.339 e. The predicted octanol–water partition coefficient (Wildman–Crippen LogP) is 7.22. The van der Waals surface area contributed by atoms with Crippen LogP contribution in [0.15, 0.2) is 87.6 Å². The second kappa shape index (κ2) is 12.4. The third-order valence-electron chi connectivity index (χ3n) is 6.61. The summed E-state index contributed by atoms with van der Waals surface area (Å²) in [6.07, 6.45) is 3.75. The van der Waals surface area contributed by atoms with E-state index in [1.165, 1.54) is 5.57 Å². The quantitative estimate of drug-likeness (QED) is 0.100. The van der Waals surface area contributed by atoms with E-state index in [1.54, 1.807) is 6.07 Å². The molecule has 1 aromatic heterocycles. The lowest BCUT2D eigenvalue weighted by molar-refractivity contribution is 0.0992. The van der Waals surface area contributed by atoms with E-state index in [-0.39, 0.29) is 12.2 Å². The molecule has 0 aliphatic carbocycles. The van der Waals surface area contributed by atoms with Gasteiger partial charge in [-0.25, -0.2) is 4.79 Å². The van der Waals surface area contributed by atoms with Gasteiger partial charge in [-0.1, -0.05) is 42.0 Å². The maximum atomic E-state index is 13.1. The summed E-state index contributed by atoms with van der Waals surface area (Å²) in [6.45, 7) is 9.38. The second-order valence-electron chi connectivity index (χ2n) is 9.89. The molecule has 0 fully saturated rings. The Bertz CT molecular complexity index is 1510. The average Bonchev–Trinajstić information content (AvgIpc) is 2.90. The van der Waals surface area contributed by atoms with Crippen LogP contribution < -0.4 is 15.7 Å². The summed E-state index contributed by atoms with van der Waals surface area (Å²) in [7, 11) is 0. The van der Waals surface area contributed by atoms with Gasteiger partial charge in [0, 0.05) is 40.7 Å². The molecule has 0 unspecified atom stereocenters. The van der Waals surface area contributed by atoms with Crippen molar-refractivity contribution in [1.82, 2.24) is 0 Å². The Balaban J connectivity index is 1.43. The normalized spacial score (nSPS) is 10.8. The number of ketones is 1. The van der Waals surface area contributed by atoms with Crippen molar-refractivity contribution in [1.29, 1.82) is 0 Å². The monoisotopic (exact) mass is 509 g/mol. The van der Waals surface area contributed by atoms with E-state index in [9.17, 15) is 9.59 Å². The van der Waals surface area contributed by atoms with Crippen molar-refractivity contribution in [2.45, 2.75) is 47.0 Å². The second-order valence-corrected chi connectivity index (χ2v) is 9.89. The Hall–Kier alpha value is -4.12. The third-order valence-corrected chi connectivity index (χ3v) is 6.61. The third kappa shape index (κ3) is 6.80. The molecule has 0 bridgehead atoms. The number of hydrogen-bond acceptors (Lipinski definition) is 5. The molecule has 1 N–H and O–H groups in total. The van der Waals surface area contributed by atoms with Gasteiger partial charge in [0.2, 0.25) is 0 Å². The molecule has 0 aliphatic heterocycles. The number of anilines is 1. The number of carbonyl (C=O) groups excluding carboxylic acids is 1. The predicted molar refractivity (Wildman–Crippen MR) is 155 cm³/mol. The van der Waals surface area contributed by atoms with Gasteiger partial charge >= 0.3 is 5.63 Å². The number of benzene rings is 3. The summed E-state index contributed by atoms with van der Waals surface area (Å²) in [6, 6.07) is 21.3. The minimum Gasteiger partial charge on any atom is -0.493 e. The standard InChI is InChI=1S/C33H35NO4/c1-22(2)11-13-25-19-26(14-12-23(25)3)30(35)21-28-20-27-15-16-31(24(4)32(27)38-33(28)36)37-18-8-17-34-29-9-6-5-7-10-29/h5-7,9-12,14-16,19-20,34H,8,13,17-18,21H2,1-4H3. The highest BCUT2D eigenvalue weighted by Gasteiger charge is 2.15. The summed E-state index contributed by atoms with van der Waals surface area (Å²) >= 11 is 0. The number of rotatable bonds is 11. The van der Waals surface area contributed by atoms with Crippen LogP contribution in [0.5, 0.6) is 5.75 Å². The SMILES string of the molecule is CC(C)=CCc1cc(C(=O)Cc2cc3ccc(OCCCNc4ccccc4)c(C)c3oc2=O)ccc1C. The molecular weight excluding hydrogens is 474 g/mol. The van der Waals surface area contributed by atoms with Crippen LogP contribution in [0, 0.1) is 13.8 Å². The molecule has 0 spiro atoms. The number of carbonyl (C=O) groups is 1. The van der Waals surface area contributed by atoms with E-state index in [2.05, 4.69) is 25.2 Å². The van der Waals surface area contributed by atoms with Crippen molar-refractivity contribution in [3.63, 3.8) is 0 Å². The minimum absolute atomic E-state index is 0.00483. The van der Waals surface area contributed by atoms with E-state index in [4.69, 9.17) is 9.15 Å². The number of allylic oxidation sites excluding steroid dienone is 2. The Labute approximate surface area is 224 Å². The molecule has 3 aromatic carbocycles. The number of hydrogen-bond donors (Lipinski definition) is 1. The Morgan fingerprint density at radius 3 is 2.53 bits per heavy atom. The van der Waals surface area contributed by atoms with Crippen LogP contribution in [0.4, 0.5) is 5.69 Å². The van der Waals surface area contributed by atoms with E-state index in [1.807, 2.05) is 74.5 Å². The maximum absolute atomic E-state index is 13.1. The first-order valence-electron chi connectivity index (χ1n) is 13.1. The van der Waals surface area contributed by atoms with Gasteiger partial charge in [-0.3, -0.25) is 4.79 Å². The topological polar surface area (TPSA) is 68.5 Å². The summed E-state index contributed by atoms with van der Waals surface area (Å²) in [5.74, 6) is 0.587. The highest BCUT2D eigenvalue weighted by molar-refractivity contribution is 5.98. The van der Waals surface area contributed by atoms with Crippen LogP contribution >= 0.6 is 0 Å². The van der Waals surface area contributed by atoms with Crippen molar-refractivity contribution < 1.29 is 13.9 Å². The zero-order valence-corrected chi connectivity index (χ0v) is 22.6. The lowest BCUT2D eigenvalue weighted by Gasteiger charge is -2.12. The molecular formula is C33H35NO4. The van der Waals surface area contributed by atoms with E-state index in [0.29, 0.717) is 29.1 Å². The van der Waals surface area contributed by atoms with E-state index in [0.717, 1.165) is 47.2 Å². The van der Waals surface area contributed by atoms with Crippen molar-refractivity contribution >= 4 is 22.4 Å². The number of Topliss-reactive ketones (excluding diaryl/α,β-unsaturated/α-hetero) is 1. The Morgan fingerprint density at radius 2 is 1.76 bits per heavy atom. The van der Waals surface area contributed by atoms with Gasteiger partial charge in [-0.05, 0) is 88.1 Å². The number of ether oxygens (including phenoxy) is 1. The van der Waals surface area contributed by atoms with Gasteiger partial charge in [0.15, 0.2) is 5.78 Å². The molecule has 0 radical (unpaired) electrons. The lowest BCUT2D eigenvalue weighted by Crippen LogP contribution is -2.14. The fourth-order valence-electron chi connectivity index (χ4n) is 4.33. The molecule has 5 heteroatoms. The molecule has 4 rings (SSSR count). The van der Waals surface area contributed by atoms with Gasteiger partial charge in [-0.15, -0.1) is 0 Å². The Kier molecular flexibility index (Phi) is 8.80. The summed E-state index contributed by atoms with van der Waals surface area (Å²) in [5.41, 5.74) is 6.31. The van der Waals surface area contributed by atoms with Gasteiger partial charge in [-0.2, -0.15) is 0 Å². The first kappa shape index (κ1) is 26.9. The Morgan fingerprint density at radius 1 is 0.974 bits per heavy atom. The minimum atomic E-state index is -0.491. The first-order valence-corrected chi connectivity index (χ1v) is 13.1. The first-order chi connectivity index (χ1) is 18.3. The average molecular weight is 510 g/mol. The summed E-state index contributed by atoms with van der Waals surface area (Å²) in [5, 5.41) is 4.14. The summed E-state index contributed by atoms with van der Waals surface area (Å²) < 4.78 is 11.7. The molecule has 0 atom stereocenters. The van der Waals surface area contributed by atoms with Crippen molar-refractivity contribution in [2.75, 3.05) is 18.5 Å². The van der Waals surface area contributed by atoms with E-state index < -0.39 is 5.63 Å². The van der Waals surface area contributed by atoms with Crippen molar-refractivity contribution in [3.8, 4) is 5.75 Å². The molecule has 38 heavy (non-hydrogen) atoms. The van der Waals surface area contributed by atoms with Gasteiger partial charge in [0.05, 0.1) is 6.61 Å². The van der Waals surface area contributed by atoms with Crippen LogP contribution in [0.25, 0.3) is 11.0 Å². The summed E-state index contributed by atoms with van der Waals surface area (Å²) in [4.78, 5) is 25.9. The molecule has 4 aromatic rings. The highest BCUT2D eigenvalue weighted by atomic mass is 16.5. The van der Waals surface area contributed by atoms with Gasteiger partial charge < -0.3 is 14.5 Å². The van der Waals surface area contributed by atoms with Crippen LogP contribution in [0.1, 0.15) is 52.9 Å². The molecule has 0 saturated carbocycles. The molecule has 196 valence electrons. The van der Waals surface area contributed by atoms with E-state index >= 15 is 0 Å². The number of aryl methyl sites for hydroxylation is 2. The largest absolute Gasteiger partial charge is 0.493 e. The molecule has 0 aliphatic rings. The molecule has 1 heterocycles. The number of nitrogens with one attached hydrogen (secondary N) is 1. The fraction of sp³-hybridized carbons (Fsp3) is 0.273. The van der Waals surface area contributed by atoms with Crippen molar-refractivity contribution in [2.24, 2.45) is 0 Å². The molecule has 5 nitrogen and oxygen atoms in total. The van der Waals surface area contributed by atoms with Crippen LogP contribution in [-0.4, -0.2) is 18.9 Å². The van der Waals surface area contributed by atoms with Crippen LogP contribution in [-0.2, 0) is 12.8 Å². The molecule has 0 amide bonds. The van der Waals surface area contributed by atoms with Crippen LogP contribution in [0.2, 0.25) is 0 Å². The van der Waals surface area contributed by atoms with Gasteiger partial charge in [0.25, 0.3) is 0 Å². The molecule has 0 saturated heterocycles. The van der Waals surface area contributed by atoms with Gasteiger partial charge in [0.1, 0.15) is 11.3 Å². The fourth-order valence-corrected chi connectivity index (χ4v) is 4.33.